The molecule has 1 atom stereocenters. The highest BCUT2D eigenvalue weighted by atomic mass is 16.5. The number of rotatable bonds is 7. The van der Waals surface area contributed by atoms with Gasteiger partial charge in [-0.2, -0.15) is 5.26 Å². The summed E-state index contributed by atoms with van der Waals surface area (Å²) < 4.78 is 5.22. The van der Waals surface area contributed by atoms with Gasteiger partial charge in [-0.05, 0) is 6.92 Å². The van der Waals surface area contributed by atoms with Crippen molar-refractivity contribution in [2.75, 3.05) is 26.4 Å². The summed E-state index contributed by atoms with van der Waals surface area (Å²) >= 11 is 0. The van der Waals surface area contributed by atoms with Gasteiger partial charge in [0.05, 0.1) is 50.4 Å². The Morgan fingerprint density at radius 1 is 1.29 bits per heavy atom. The zero-order valence-electron chi connectivity index (χ0n) is 8.31. The number of nitrogens with zero attached hydrogens (tertiary/aromatic N) is 1. The lowest BCUT2D eigenvalue weighted by atomic mass is 9.85. The van der Waals surface area contributed by atoms with Crippen molar-refractivity contribution < 1.29 is 20.1 Å². The van der Waals surface area contributed by atoms with E-state index in [2.05, 4.69) is 0 Å². The zero-order chi connectivity index (χ0) is 11.0. The summed E-state index contributed by atoms with van der Waals surface area (Å²) in [5, 5.41) is 35.4. The average molecular weight is 203 g/mol. The van der Waals surface area contributed by atoms with Gasteiger partial charge < -0.3 is 20.1 Å². The van der Waals surface area contributed by atoms with E-state index in [1.54, 1.807) is 6.92 Å². The Kier molecular flexibility index (Phi) is 6.41. The molecule has 0 aromatic rings. The lowest BCUT2D eigenvalue weighted by Crippen LogP contribution is -2.45. The summed E-state index contributed by atoms with van der Waals surface area (Å²) in [5.74, 6) is 0. The van der Waals surface area contributed by atoms with Crippen molar-refractivity contribution in [2.24, 2.45) is 5.41 Å². The van der Waals surface area contributed by atoms with Crippen molar-refractivity contribution in [3.8, 4) is 6.07 Å². The SMILES string of the molecule is CC(OCCC#N)C(CO)(CO)CO. The van der Waals surface area contributed by atoms with Crippen LogP contribution in [0.4, 0.5) is 0 Å². The van der Waals surface area contributed by atoms with E-state index in [9.17, 15) is 0 Å². The zero-order valence-corrected chi connectivity index (χ0v) is 8.31. The number of aliphatic hydroxyl groups excluding tert-OH is 3. The molecule has 0 radical (unpaired) electrons. The molecule has 0 aliphatic rings. The monoisotopic (exact) mass is 203 g/mol. The summed E-state index contributed by atoms with van der Waals surface area (Å²) in [7, 11) is 0. The third kappa shape index (κ3) is 3.24. The summed E-state index contributed by atoms with van der Waals surface area (Å²) in [6, 6.07) is 1.92. The van der Waals surface area contributed by atoms with Crippen LogP contribution in [-0.4, -0.2) is 47.9 Å². The van der Waals surface area contributed by atoms with Gasteiger partial charge in [-0.1, -0.05) is 0 Å². The second-order valence-electron chi connectivity index (χ2n) is 3.26. The molecule has 0 aliphatic carbocycles. The Bertz CT molecular complexity index is 177. The van der Waals surface area contributed by atoms with E-state index in [1.165, 1.54) is 0 Å². The maximum atomic E-state index is 9.04. The quantitative estimate of drug-likeness (QED) is 0.474. The number of nitriles is 1. The lowest BCUT2D eigenvalue weighted by Gasteiger charge is -2.33. The van der Waals surface area contributed by atoms with E-state index in [0.29, 0.717) is 0 Å². The molecule has 5 nitrogen and oxygen atoms in total. The van der Waals surface area contributed by atoms with Crippen molar-refractivity contribution in [3.05, 3.63) is 0 Å². The highest BCUT2D eigenvalue weighted by molar-refractivity contribution is 4.84. The van der Waals surface area contributed by atoms with E-state index < -0.39 is 11.5 Å². The lowest BCUT2D eigenvalue weighted by molar-refractivity contribution is -0.104. The van der Waals surface area contributed by atoms with Gasteiger partial charge in [-0.25, -0.2) is 0 Å². The van der Waals surface area contributed by atoms with Crippen molar-refractivity contribution in [3.63, 3.8) is 0 Å². The number of ether oxygens (including phenoxy) is 1. The van der Waals surface area contributed by atoms with Crippen LogP contribution in [0, 0.1) is 16.7 Å². The minimum Gasteiger partial charge on any atom is -0.396 e. The summed E-state index contributed by atoms with van der Waals surface area (Å²) in [6.07, 6.45) is -0.237. The molecule has 0 bridgehead atoms. The van der Waals surface area contributed by atoms with E-state index >= 15 is 0 Å². The fraction of sp³-hybridized carbons (Fsp3) is 0.889. The van der Waals surface area contributed by atoms with Gasteiger partial charge in [0.2, 0.25) is 0 Å². The van der Waals surface area contributed by atoms with Gasteiger partial charge in [-0.15, -0.1) is 0 Å². The van der Waals surface area contributed by atoms with E-state index in [4.69, 9.17) is 25.3 Å². The molecule has 0 saturated carbocycles. The van der Waals surface area contributed by atoms with Gasteiger partial charge in [0, 0.05) is 0 Å². The number of hydrogen-bond donors (Lipinski definition) is 3. The first-order valence-electron chi connectivity index (χ1n) is 4.48. The summed E-state index contributed by atoms with van der Waals surface area (Å²) in [6.45, 7) is 0.828. The smallest absolute Gasteiger partial charge is 0.0669 e. The normalized spacial score (nSPS) is 13.6. The second kappa shape index (κ2) is 6.74. The highest BCUT2D eigenvalue weighted by Crippen LogP contribution is 2.22. The van der Waals surface area contributed by atoms with Gasteiger partial charge in [0.15, 0.2) is 0 Å². The van der Waals surface area contributed by atoms with Gasteiger partial charge >= 0.3 is 0 Å². The molecular formula is C9H17NO4. The Labute approximate surface area is 83.5 Å². The van der Waals surface area contributed by atoms with E-state index in [1.807, 2.05) is 6.07 Å². The fourth-order valence-corrected chi connectivity index (χ4v) is 0.994. The molecule has 0 aromatic carbocycles. The minimum absolute atomic E-state index is 0.236. The molecule has 3 N–H and O–H groups in total. The van der Waals surface area contributed by atoms with Crippen LogP contribution in [0.2, 0.25) is 0 Å². The first-order chi connectivity index (χ1) is 6.66. The van der Waals surface area contributed by atoms with E-state index in [0.717, 1.165) is 0 Å². The molecule has 0 rings (SSSR count). The van der Waals surface area contributed by atoms with Gasteiger partial charge in [-0.3, -0.25) is 0 Å². The van der Waals surface area contributed by atoms with Crippen LogP contribution in [0.5, 0.6) is 0 Å². The Morgan fingerprint density at radius 3 is 2.14 bits per heavy atom. The van der Waals surface area contributed by atoms with Crippen LogP contribution in [0.25, 0.3) is 0 Å². The predicted molar refractivity (Wildman–Crippen MR) is 49.3 cm³/mol. The second-order valence-corrected chi connectivity index (χ2v) is 3.26. The summed E-state index contributed by atoms with van der Waals surface area (Å²) in [5.41, 5.74) is -1.03. The topological polar surface area (TPSA) is 93.7 Å². The molecule has 1 unspecified atom stereocenters. The van der Waals surface area contributed by atoms with Crippen LogP contribution in [0.1, 0.15) is 13.3 Å². The molecule has 0 heterocycles. The van der Waals surface area contributed by atoms with Crippen LogP contribution < -0.4 is 0 Å². The maximum absolute atomic E-state index is 9.04. The Morgan fingerprint density at radius 2 is 1.79 bits per heavy atom. The molecule has 0 fully saturated rings. The maximum Gasteiger partial charge on any atom is 0.0669 e. The predicted octanol–water partition coefficient (Wildman–Crippen LogP) is -0.732. The first kappa shape index (κ1) is 13.3. The van der Waals surface area contributed by atoms with Crippen molar-refractivity contribution >= 4 is 0 Å². The van der Waals surface area contributed by atoms with Gasteiger partial charge in [0.1, 0.15) is 0 Å². The third-order valence-electron chi connectivity index (χ3n) is 2.39. The fourth-order valence-electron chi connectivity index (χ4n) is 0.994. The average Bonchev–Trinajstić information content (AvgIpc) is 2.22. The van der Waals surface area contributed by atoms with E-state index in [-0.39, 0.29) is 32.8 Å². The third-order valence-corrected chi connectivity index (χ3v) is 2.39. The van der Waals surface area contributed by atoms with Gasteiger partial charge in [0.25, 0.3) is 0 Å². The van der Waals surface area contributed by atoms with Crippen LogP contribution in [0.15, 0.2) is 0 Å². The number of hydrogen-bond acceptors (Lipinski definition) is 5. The molecule has 0 saturated heterocycles. The molecule has 0 aliphatic heterocycles. The standard InChI is InChI=1S/C9H17NO4/c1-8(14-4-2-3-10)9(5-11,6-12)7-13/h8,11-13H,2,4-7H2,1H3. The Balaban J connectivity index is 4.15. The molecule has 0 amide bonds. The molecule has 5 heteroatoms. The van der Waals surface area contributed by atoms with Crippen molar-refractivity contribution in [1.82, 2.24) is 0 Å². The summed E-state index contributed by atoms with van der Waals surface area (Å²) in [4.78, 5) is 0. The molecule has 14 heavy (non-hydrogen) atoms. The molecule has 0 aromatic heterocycles. The first-order valence-corrected chi connectivity index (χ1v) is 4.48. The Hall–Kier alpha value is -0.670. The minimum atomic E-state index is -1.03. The van der Waals surface area contributed by atoms with Crippen LogP contribution >= 0.6 is 0 Å². The van der Waals surface area contributed by atoms with Crippen molar-refractivity contribution in [1.29, 1.82) is 5.26 Å². The molecule has 0 spiro atoms. The molecular weight excluding hydrogens is 186 g/mol. The molecule has 82 valence electrons. The largest absolute Gasteiger partial charge is 0.396 e. The highest BCUT2D eigenvalue weighted by Gasteiger charge is 2.35. The van der Waals surface area contributed by atoms with Crippen molar-refractivity contribution in [2.45, 2.75) is 19.4 Å². The number of aliphatic hydroxyl groups is 3. The van der Waals surface area contributed by atoms with Crippen LogP contribution in [0.3, 0.4) is 0 Å². The van der Waals surface area contributed by atoms with Crippen LogP contribution in [-0.2, 0) is 4.74 Å².